The second-order valence-corrected chi connectivity index (χ2v) is 7.24. The van der Waals surface area contributed by atoms with Crippen molar-refractivity contribution in [3.05, 3.63) is 35.9 Å². The molecule has 2 fully saturated rings. The van der Waals surface area contributed by atoms with Gasteiger partial charge in [0.05, 0.1) is 0 Å². The van der Waals surface area contributed by atoms with Crippen LogP contribution < -0.4 is 5.32 Å². The van der Waals surface area contributed by atoms with Gasteiger partial charge in [-0.2, -0.15) is 0 Å². The van der Waals surface area contributed by atoms with Crippen LogP contribution in [0.3, 0.4) is 0 Å². The number of aliphatic imine (C=N–C) groups is 1. The molecule has 24 heavy (non-hydrogen) atoms. The monoisotopic (exact) mass is 328 g/mol. The number of hydrogen-bond acceptors (Lipinski definition) is 2. The van der Waals surface area contributed by atoms with Gasteiger partial charge in [0, 0.05) is 45.2 Å². The van der Waals surface area contributed by atoms with E-state index >= 15 is 0 Å². The zero-order chi connectivity index (χ0) is 16.8. The lowest BCUT2D eigenvalue weighted by molar-refractivity contribution is 0.248. The number of likely N-dealkylation sites (N-methyl/N-ethyl adjacent to an activating group) is 1. The molecule has 0 spiro atoms. The van der Waals surface area contributed by atoms with Gasteiger partial charge in [0.1, 0.15) is 0 Å². The van der Waals surface area contributed by atoms with Gasteiger partial charge in [-0.1, -0.05) is 43.2 Å². The zero-order valence-corrected chi connectivity index (χ0v) is 15.2. The quantitative estimate of drug-likeness (QED) is 0.666. The van der Waals surface area contributed by atoms with E-state index in [1.54, 1.807) is 0 Å². The summed E-state index contributed by atoms with van der Waals surface area (Å²) in [7, 11) is 4.17. The lowest BCUT2D eigenvalue weighted by atomic mass is 9.99. The number of guanidine groups is 1. The van der Waals surface area contributed by atoms with Crippen LogP contribution in [0.5, 0.6) is 0 Å². The Labute approximate surface area is 146 Å². The maximum absolute atomic E-state index is 4.51. The van der Waals surface area contributed by atoms with Crippen LogP contribution in [0.2, 0.25) is 0 Å². The number of rotatable bonds is 5. The SMILES string of the molecule is CN=C(NCCN(C)C1CCCC1)N1CCC(c2ccccc2)C1. The van der Waals surface area contributed by atoms with Crippen LogP contribution in [0.25, 0.3) is 0 Å². The third-order valence-corrected chi connectivity index (χ3v) is 5.67. The van der Waals surface area contributed by atoms with Gasteiger partial charge >= 0.3 is 0 Å². The topological polar surface area (TPSA) is 30.9 Å². The number of nitrogens with zero attached hydrogens (tertiary/aromatic N) is 3. The van der Waals surface area contributed by atoms with Gasteiger partial charge in [-0.3, -0.25) is 4.99 Å². The molecule has 1 atom stereocenters. The Kier molecular flexibility index (Phi) is 6.13. The van der Waals surface area contributed by atoms with E-state index in [9.17, 15) is 0 Å². The molecule has 0 bridgehead atoms. The minimum absolute atomic E-state index is 0.630. The average molecular weight is 329 g/mol. The molecule has 1 aliphatic heterocycles. The molecule has 3 rings (SSSR count). The van der Waals surface area contributed by atoms with E-state index in [2.05, 4.69) is 57.5 Å². The predicted molar refractivity (Wildman–Crippen MR) is 102 cm³/mol. The summed E-state index contributed by atoms with van der Waals surface area (Å²) in [5.74, 6) is 1.69. The summed E-state index contributed by atoms with van der Waals surface area (Å²) in [6.07, 6.45) is 6.76. The summed E-state index contributed by atoms with van der Waals surface area (Å²) in [4.78, 5) is 9.43. The van der Waals surface area contributed by atoms with Crippen LogP contribution in [0.4, 0.5) is 0 Å². The van der Waals surface area contributed by atoms with E-state index in [0.29, 0.717) is 5.92 Å². The van der Waals surface area contributed by atoms with E-state index in [-0.39, 0.29) is 0 Å². The summed E-state index contributed by atoms with van der Waals surface area (Å²) < 4.78 is 0. The highest BCUT2D eigenvalue weighted by Crippen LogP contribution is 2.26. The molecule has 1 aromatic carbocycles. The second kappa shape index (κ2) is 8.52. The maximum atomic E-state index is 4.51. The molecule has 0 radical (unpaired) electrons. The molecule has 4 nitrogen and oxygen atoms in total. The fourth-order valence-corrected chi connectivity index (χ4v) is 4.15. The van der Waals surface area contributed by atoms with Crippen molar-refractivity contribution in [2.45, 2.75) is 44.1 Å². The minimum atomic E-state index is 0.630. The van der Waals surface area contributed by atoms with Crippen molar-refractivity contribution < 1.29 is 0 Å². The first-order valence-corrected chi connectivity index (χ1v) is 9.48. The molecule has 1 saturated carbocycles. The number of hydrogen-bond donors (Lipinski definition) is 1. The normalized spacial score (nSPS) is 22.5. The van der Waals surface area contributed by atoms with Crippen LogP contribution in [0.1, 0.15) is 43.6 Å². The molecule has 1 aliphatic carbocycles. The molecule has 1 saturated heterocycles. The van der Waals surface area contributed by atoms with Gasteiger partial charge in [-0.05, 0) is 31.9 Å². The van der Waals surface area contributed by atoms with Gasteiger partial charge in [0.2, 0.25) is 0 Å². The smallest absolute Gasteiger partial charge is 0.193 e. The van der Waals surface area contributed by atoms with Gasteiger partial charge in [0.25, 0.3) is 0 Å². The molecule has 1 heterocycles. The van der Waals surface area contributed by atoms with E-state index in [0.717, 1.165) is 38.2 Å². The van der Waals surface area contributed by atoms with E-state index in [1.807, 2.05) is 7.05 Å². The molecular weight excluding hydrogens is 296 g/mol. The Morgan fingerprint density at radius 1 is 1.21 bits per heavy atom. The van der Waals surface area contributed by atoms with Crippen molar-refractivity contribution in [1.82, 2.24) is 15.1 Å². The molecule has 1 unspecified atom stereocenters. The lowest BCUT2D eigenvalue weighted by Gasteiger charge is -2.26. The van der Waals surface area contributed by atoms with Crippen LogP contribution in [-0.2, 0) is 0 Å². The number of benzene rings is 1. The summed E-state index contributed by atoms with van der Waals surface area (Å²) in [5.41, 5.74) is 1.46. The number of likely N-dealkylation sites (tertiary alicyclic amines) is 1. The van der Waals surface area contributed by atoms with E-state index in [4.69, 9.17) is 0 Å². The van der Waals surface area contributed by atoms with Crippen LogP contribution in [-0.4, -0.2) is 62.1 Å². The third-order valence-electron chi connectivity index (χ3n) is 5.67. The fourth-order valence-electron chi connectivity index (χ4n) is 4.15. The predicted octanol–water partition coefficient (Wildman–Crippen LogP) is 2.93. The van der Waals surface area contributed by atoms with Crippen molar-refractivity contribution in [2.24, 2.45) is 4.99 Å². The zero-order valence-electron chi connectivity index (χ0n) is 15.2. The largest absolute Gasteiger partial charge is 0.355 e. The van der Waals surface area contributed by atoms with Crippen molar-refractivity contribution in [2.75, 3.05) is 40.3 Å². The standard InChI is InChI=1S/C20H32N4/c1-21-20(22-13-15-23(2)19-10-6-7-11-19)24-14-12-18(16-24)17-8-4-3-5-9-17/h3-5,8-9,18-19H,6-7,10-16H2,1-2H3,(H,21,22). The Morgan fingerprint density at radius 3 is 2.67 bits per heavy atom. The molecule has 0 aromatic heterocycles. The molecule has 132 valence electrons. The van der Waals surface area contributed by atoms with Crippen molar-refractivity contribution >= 4 is 5.96 Å². The maximum Gasteiger partial charge on any atom is 0.193 e. The Hall–Kier alpha value is -1.55. The summed E-state index contributed by atoms with van der Waals surface area (Å²) >= 11 is 0. The highest BCUT2D eigenvalue weighted by molar-refractivity contribution is 5.80. The minimum Gasteiger partial charge on any atom is -0.355 e. The average Bonchev–Trinajstić information content (AvgIpc) is 3.31. The van der Waals surface area contributed by atoms with Gasteiger partial charge in [-0.15, -0.1) is 0 Å². The van der Waals surface area contributed by atoms with Gasteiger partial charge in [-0.25, -0.2) is 0 Å². The Bertz CT molecular complexity index is 522. The molecule has 1 N–H and O–H groups in total. The molecule has 4 heteroatoms. The number of nitrogens with one attached hydrogen (secondary N) is 1. The van der Waals surface area contributed by atoms with Crippen molar-refractivity contribution in [3.63, 3.8) is 0 Å². The summed E-state index contributed by atoms with van der Waals surface area (Å²) in [5, 5.41) is 3.57. The molecule has 1 aromatic rings. The van der Waals surface area contributed by atoms with Gasteiger partial charge in [0.15, 0.2) is 5.96 Å². The van der Waals surface area contributed by atoms with Crippen LogP contribution >= 0.6 is 0 Å². The van der Waals surface area contributed by atoms with Crippen molar-refractivity contribution in [3.8, 4) is 0 Å². The first-order valence-electron chi connectivity index (χ1n) is 9.48. The summed E-state index contributed by atoms with van der Waals surface area (Å²) in [6, 6.07) is 11.7. The van der Waals surface area contributed by atoms with Crippen molar-refractivity contribution in [1.29, 1.82) is 0 Å². The fraction of sp³-hybridized carbons (Fsp3) is 0.650. The van der Waals surface area contributed by atoms with E-state index in [1.165, 1.54) is 37.7 Å². The first-order chi connectivity index (χ1) is 11.8. The Morgan fingerprint density at radius 2 is 1.96 bits per heavy atom. The molecular formula is C20H32N4. The van der Waals surface area contributed by atoms with Crippen LogP contribution in [0.15, 0.2) is 35.3 Å². The first kappa shape index (κ1) is 17.3. The highest BCUT2D eigenvalue weighted by Gasteiger charge is 2.26. The lowest BCUT2D eigenvalue weighted by Crippen LogP contribution is -2.44. The third kappa shape index (κ3) is 4.29. The molecule has 0 amide bonds. The highest BCUT2D eigenvalue weighted by atomic mass is 15.3. The van der Waals surface area contributed by atoms with E-state index < -0.39 is 0 Å². The van der Waals surface area contributed by atoms with Crippen LogP contribution in [0, 0.1) is 0 Å². The van der Waals surface area contributed by atoms with Gasteiger partial charge < -0.3 is 15.1 Å². The molecule has 2 aliphatic rings. The summed E-state index contributed by atoms with van der Waals surface area (Å²) in [6.45, 7) is 4.24. The second-order valence-electron chi connectivity index (χ2n) is 7.24. The Balaban J connectivity index is 1.45.